The molecule has 0 radical (unpaired) electrons. The fraction of sp³-hybridized carbons (Fsp3) is 0.286. The van der Waals surface area contributed by atoms with Crippen LogP contribution in [0.4, 0.5) is 0 Å². The van der Waals surface area contributed by atoms with Gasteiger partial charge in [-0.1, -0.05) is 30.3 Å². The summed E-state index contributed by atoms with van der Waals surface area (Å²) in [5, 5.41) is 9.13. The summed E-state index contributed by atoms with van der Waals surface area (Å²) in [6, 6.07) is 14.2. The van der Waals surface area contributed by atoms with Gasteiger partial charge in [-0.2, -0.15) is 0 Å². The lowest BCUT2D eigenvalue weighted by molar-refractivity contribution is 0.0697. The molecule has 0 spiro atoms. The quantitative estimate of drug-likeness (QED) is 0.727. The Bertz CT molecular complexity index is 923. The van der Waals surface area contributed by atoms with Crippen LogP contribution >= 0.6 is 0 Å². The van der Waals surface area contributed by atoms with Gasteiger partial charge in [0, 0.05) is 31.5 Å². The van der Waals surface area contributed by atoms with Gasteiger partial charge in [-0.05, 0) is 37.1 Å². The third kappa shape index (κ3) is 3.90. The first-order chi connectivity index (χ1) is 13.2. The van der Waals surface area contributed by atoms with Crippen LogP contribution in [0.2, 0.25) is 0 Å². The number of carboxylic acids is 1. The Balaban J connectivity index is 1.43. The summed E-state index contributed by atoms with van der Waals surface area (Å²) in [7, 11) is 0. The Morgan fingerprint density at radius 3 is 2.78 bits per heavy atom. The number of nitrogens with zero attached hydrogens (tertiary/aromatic N) is 4. The second-order valence-corrected chi connectivity index (χ2v) is 6.84. The van der Waals surface area contributed by atoms with E-state index in [0.717, 1.165) is 19.6 Å². The van der Waals surface area contributed by atoms with Gasteiger partial charge in [0.1, 0.15) is 5.69 Å². The molecule has 1 aliphatic rings. The van der Waals surface area contributed by atoms with E-state index in [1.165, 1.54) is 30.7 Å². The molecule has 6 nitrogen and oxygen atoms in total. The molecular weight excluding hydrogens is 340 g/mol. The monoisotopic (exact) mass is 362 g/mol. The minimum atomic E-state index is -0.959. The van der Waals surface area contributed by atoms with Crippen LogP contribution in [-0.4, -0.2) is 43.6 Å². The van der Waals surface area contributed by atoms with Crippen molar-refractivity contribution in [1.29, 1.82) is 0 Å². The van der Waals surface area contributed by atoms with Gasteiger partial charge in [0.25, 0.3) is 0 Å². The van der Waals surface area contributed by atoms with Crippen molar-refractivity contribution in [2.75, 3.05) is 13.1 Å². The van der Waals surface area contributed by atoms with Crippen molar-refractivity contribution in [3.8, 4) is 11.4 Å². The predicted molar refractivity (Wildman–Crippen MR) is 102 cm³/mol. The van der Waals surface area contributed by atoms with Crippen molar-refractivity contribution in [2.45, 2.75) is 25.4 Å². The maximum atomic E-state index is 11.1. The molecule has 27 heavy (non-hydrogen) atoms. The van der Waals surface area contributed by atoms with Crippen LogP contribution in [0.5, 0.6) is 0 Å². The Labute approximate surface area is 158 Å². The summed E-state index contributed by atoms with van der Waals surface area (Å²) in [6.07, 6.45) is 7.65. The molecule has 1 aromatic carbocycles. The molecule has 1 atom stereocenters. The number of carboxylic acid groups (broad SMARTS) is 1. The third-order valence-corrected chi connectivity index (χ3v) is 5.10. The number of hydrogen-bond acceptors (Lipinski definition) is 4. The van der Waals surface area contributed by atoms with Gasteiger partial charge in [0.15, 0.2) is 0 Å². The minimum Gasteiger partial charge on any atom is -0.478 e. The van der Waals surface area contributed by atoms with E-state index >= 15 is 0 Å². The number of aromatic carboxylic acids is 1. The van der Waals surface area contributed by atoms with Gasteiger partial charge in [-0.15, -0.1) is 0 Å². The van der Waals surface area contributed by atoms with E-state index in [2.05, 4.69) is 45.2 Å². The molecule has 0 saturated carbocycles. The van der Waals surface area contributed by atoms with Crippen molar-refractivity contribution in [3.05, 3.63) is 72.3 Å². The molecule has 1 saturated heterocycles. The Hall–Kier alpha value is -2.99. The molecule has 1 fully saturated rings. The third-order valence-electron chi connectivity index (χ3n) is 5.10. The van der Waals surface area contributed by atoms with Gasteiger partial charge in [0.2, 0.25) is 0 Å². The second-order valence-electron chi connectivity index (χ2n) is 6.84. The summed E-state index contributed by atoms with van der Waals surface area (Å²) in [5.74, 6) is -0.959. The van der Waals surface area contributed by atoms with Crippen LogP contribution < -0.4 is 0 Å². The van der Waals surface area contributed by atoms with E-state index in [1.807, 2.05) is 10.8 Å². The zero-order valence-electron chi connectivity index (χ0n) is 15.0. The lowest BCUT2D eigenvalue weighted by atomic mass is 10.0. The molecule has 0 aliphatic carbocycles. The second kappa shape index (κ2) is 7.72. The number of aromatic nitrogens is 3. The summed E-state index contributed by atoms with van der Waals surface area (Å²) in [5.41, 5.74) is 2.88. The highest BCUT2D eigenvalue weighted by Gasteiger charge is 2.25. The van der Waals surface area contributed by atoms with Gasteiger partial charge >= 0.3 is 5.97 Å². The van der Waals surface area contributed by atoms with E-state index in [9.17, 15) is 4.79 Å². The van der Waals surface area contributed by atoms with Crippen molar-refractivity contribution < 1.29 is 9.90 Å². The van der Waals surface area contributed by atoms with Crippen molar-refractivity contribution in [3.63, 3.8) is 0 Å². The maximum Gasteiger partial charge on any atom is 0.335 e. The summed E-state index contributed by atoms with van der Waals surface area (Å²) < 4.78 is 2.05. The lowest BCUT2D eigenvalue weighted by Crippen LogP contribution is -2.27. The predicted octanol–water partition coefficient (Wildman–Crippen LogP) is 3.48. The first kappa shape index (κ1) is 17.4. The van der Waals surface area contributed by atoms with Gasteiger partial charge in [-0.25, -0.2) is 9.78 Å². The molecule has 0 amide bonds. The van der Waals surface area contributed by atoms with E-state index in [4.69, 9.17) is 5.11 Å². The first-order valence-electron chi connectivity index (χ1n) is 9.21. The standard InChI is InChI=1S/C21H22N4O2/c26-21(27)17-8-9-22-18(13-17)19-14-24(15-23-19)11-12-25-10-4-7-20(25)16-5-2-1-3-6-16/h1-3,5-6,8-9,13-15,20H,4,7,10-12H2,(H,26,27)/t20-/m1/s1. The normalized spacial score (nSPS) is 17.3. The maximum absolute atomic E-state index is 11.1. The number of hydrogen-bond donors (Lipinski definition) is 1. The molecule has 4 rings (SSSR count). The van der Waals surface area contributed by atoms with Gasteiger partial charge < -0.3 is 9.67 Å². The van der Waals surface area contributed by atoms with Crippen molar-refractivity contribution >= 4 is 5.97 Å². The van der Waals surface area contributed by atoms with Crippen LogP contribution in [-0.2, 0) is 6.54 Å². The zero-order chi connectivity index (χ0) is 18.6. The van der Waals surface area contributed by atoms with Crippen molar-refractivity contribution in [1.82, 2.24) is 19.4 Å². The molecule has 138 valence electrons. The van der Waals surface area contributed by atoms with Gasteiger partial charge in [0.05, 0.1) is 17.6 Å². The number of benzene rings is 1. The van der Waals surface area contributed by atoms with Crippen LogP contribution in [0.1, 0.15) is 34.8 Å². The Kier molecular flexibility index (Phi) is 4.98. The molecule has 1 N–H and O–H groups in total. The van der Waals surface area contributed by atoms with Gasteiger partial charge in [-0.3, -0.25) is 9.88 Å². The van der Waals surface area contributed by atoms with Crippen LogP contribution in [0.3, 0.4) is 0 Å². The SMILES string of the molecule is O=C(O)c1ccnc(-c2cn(CCN3CCC[C@@H]3c3ccccc3)cn2)c1. The number of rotatable bonds is 6. The number of pyridine rings is 1. The van der Waals surface area contributed by atoms with E-state index in [0.29, 0.717) is 17.4 Å². The minimum absolute atomic E-state index is 0.220. The fourth-order valence-electron chi connectivity index (χ4n) is 3.71. The lowest BCUT2D eigenvalue weighted by Gasteiger charge is -2.24. The molecule has 3 heterocycles. The molecule has 1 aliphatic heterocycles. The average molecular weight is 362 g/mol. The largest absolute Gasteiger partial charge is 0.478 e. The van der Waals surface area contributed by atoms with Crippen LogP contribution in [0, 0.1) is 0 Å². The topological polar surface area (TPSA) is 71.2 Å². The highest BCUT2D eigenvalue weighted by atomic mass is 16.4. The van der Waals surface area contributed by atoms with E-state index < -0.39 is 5.97 Å². The molecule has 2 aromatic heterocycles. The molecule has 6 heteroatoms. The van der Waals surface area contributed by atoms with Crippen LogP contribution in [0.25, 0.3) is 11.4 Å². The van der Waals surface area contributed by atoms with E-state index in [1.54, 1.807) is 12.4 Å². The smallest absolute Gasteiger partial charge is 0.335 e. The summed E-state index contributed by atoms with van der Waals surface area (Å²) in [4.78, 5) is 22.3. The highest BCUT2D eigenvalue weighted by Crippen LogP contribution is 2.31. The molecule has 3 aromatic rings. The van der Waals surface area contributed by atoms with E-state index in [-0.39, 0.29) is 5.56 Å². The number of likely N-dealkylation sites (tertiary alicyclic amines) is 1. The molecular formula is C21H22N4O2. The Morgan fingerprint density at radius 2 is 1.96 bits per heavy atom. The fourth-order valence-corrected chi connectivity index (χ4v) is 3.71. The average Bonchev–Trinajstić information content (AvgIpc) is 3.36. The summed E-state index contributed by atoms with van der Waals surface area (Å²) >= 11 is 0. The number of imidazole rings is 1. The summed E-state index contributed by atoms with van der Waals surface area (Å²) in [6.45, 7) is 2.91. The van der Waals surface area contributed by atoms with Crippen molar-refractivity contribution in [2.24, 2.45) is 0 Å². The Morgan fingerprint density at radius 1 is 1.11 bits per heavy atom. The zero-order valence-corrected chi connectivity index (χ0v) is 15.0. The molecule has 0 unspecified atom stereocenters. The first-order valence-corrected chi connectivity index (χ1v) is 9.21. The number of carbonyl (C=O) groups is 1. The molecule has 0 bridgehead atoms. The highest BCUT2D eigenvalue weighted by molar-refractivity contribution is 5.88. The van der Waals surface area contributed by atoms with Crippen LogP contribution in [0.15, 0.2) is 61.2 Å².